The van der Waals surface area contributed by atoms with E-state index in [4.69, 9.17) is 4.74 Å². The Morgan fingerprint density at radius 1 is 1.32 bits per heavy atom. The van der Waals surface area contributed by atoms with E-state index in [1.54, 1.807) is 35.9 Å². The minimum absolute atomic E-state index is 0.125. The van der Waals surface area contributed by atoms with E-state index in [0.717, 1.165) is 10.2 Å². The molecule has 0 aromatic carbocycles. The van der Waals surface area contributed by atoms with Gasteiger partial charge in [0.1, 0.15) is 16.3 Å². The summed E-state index contributed by atoms with van der Waals surface area (Å²) < 4.78 is 5.71. The molecular weight excluding hydrogens is 260 g/mol. The van der Waals surface area contributed by atoms with Crippen molar-refractivity contribution < 1.29 is 9.53 Å². The highest BCUT2D eigenvalue weighted by Crippen LogP contribution is 2.27. The van der Waals surface area contributed by atoms with Gasteiger partial charge in [-0.25, -0.2) is 9.97 Å². The van der Waals surface area contributed by atoms with E-state index in [1.165, 1.54) is 6.92 Å². The molecule has 0 aliphatic carbocycles. The van der Waals surface area contributed by atoms with Gasteiger partial charge in [-0.2, -0.15) is 0 Å². The number of aromatic nitrogens is 2. The van der Waals surface area contributed by atoms with Crippen LogP contribution in [0.2, 0.25) is 0 Å². The summed E-state index contributed by atoms with van der Waals surface area (Å²) in [5.41, 5.74) is 0.327. The summed E-state index contributed by atoms with van der Waals surface area (Å²) in [6.45, 7) is 1.47. The molecule has 3 aromatic rings. The van der Waals surface area contributed by atoms with Crippen molar-refractivity contribution in [1.29, 1.82) is 0 Å². The Bertz CT molecular complexity index is 752. The summed E-state index contributed by atoms with van der Waals surface area (Å²) >= 11 is 1.58. The van der Waals surface area contributed by atoms with Crippen molar-refractivity contribution in [3.05, 3.63) is 47.7 Å². The second-order valence-corrected chi connectivity index (χ2v) is 4.89. The number of fused-ring (bicyclic) bond motifs is 1. The molecule has 0 aliphatic heterocycles. The predicted molar refractivity (Wildman–Crippen MR) is 73.9 cm³/mol. The van der Waals surface area contributed by atoms with Crippen LogP contribution in [0.25, 0.3) is 10.2 Å². The number of pyridine rings is 2. The standard InChI is InChI=1S/C14H10N2O2S/c1-9(17)13-12(3-2-5-15-13)18-11-7-10-4-6-19-14(10)16-8-11/h2-8H,1H3. The number of Topliss-reactive ketones (excluding diaryl/α,β-unsaturated/α-hetero) is 1. The lowest BCUT2D eigenvalue weighted by molar-refractivity contribution is 0.101. The van der Waals surface area contributed by atoms with E-state index in [9.17, 15) is 4.79 Å². The van der Waals surface area contributed by atoms with Gasteiger partial charge in [-0.1, -0.05) is 0 Å². The van der Waals surface area contributed by atoms with Crippen LogP contribution in [0.5, 0.6) is 11.5 Å². The van der Waals surface area contributed by atoms with Crippen molar-refractivity contribution in [3.63, 3.8) is 0 Å². The first-order chi connectivity index (χ1) is 9.24. The second-order valence-electron chi connectivity index (χ2n) is 3.99. The first-order valence-corrected chi connectivity index (χ1v) is 6.59. The number of hydrogen-bond donors (Lipinski definition) is 0. The maximum absolute atomic E-state index is 11.5. The van der Waals surface area contributed by atoms with Crippen molar-refractivity contribution in [3.8, 4) is 11.5 Å². The van der Waals surface area contributed by atoms with Crippen molar-refractivity contribution in [1.82, 2.24) is 9.97 Å². The fraction of sp³-hybridized carbons (Fsp3) is 0.0714. The highest BCUT2D eigenvalue weighted by Gasteiger charge is 2.10. The Labute approximate surface area is 113 Å². The largest absolute Gasteiger partial charge is 0.453 e. The van der Waals surface area contributed by atoms with E-state index in [-0.39, 0.29) is 5.78 Å². The van der Waals surface area contributed by atoms with E-state index < -0.39 is 0 Å². The van der Waals surface area contributed by atoms with E-state index in [0.29, 0.717) is 17.2 Å². The number of carbonyl (C=O) groups is 1. The Morgan fingerprint density at radius 3 is 3.05 bits per heavy atom. The predicted octanol–water partition coefficient (Wildman–Crippen LogP) is 3.69. The third-order valence-electron chi connectivity index (χ3n) is 2.61. The van der Waals surface area contributed by atoms with E-state index >= 15 is 0 Å². The zero-order valence-electron chi connectivity index (χ0n) is 10.2. The maximum Gasteiger partial charge on any atom is 0.181 e. The topological polar surface area (TPSA) is 52.1 Å². The first kappa shape index (κ1) is 11.8. The molecule has 19 heavy (non-hydrogen) atoms. The summed E-state index contributed by atoms with van der Waals surface area (Å²) in [7, 11) is 0. The molecule has 3 heterocycles. The normalized spacial score (nSPS) is 10.6. The third kappa shape index (κ3) is 2.32. The van der Waals surface area contributed by atoms with Gasteiger partial charge >= 0.3 is 0 Å². The lowest BCUT2D eigenvalue weighted by Crippen LogP contribution is -2.00. The highest BCUT2D eigenvalue weighted by atomic mass is 32.1. The molecule has 0 bridgehead atoms. The van der Waals surface area contributed by atoms with Gasteiger partial charge in [-0.3, -0.25) is 4.79 Å². The summed E-state index contributed by atoms with van der Waals surface area (Å²) in [4.78, 5) is 20.8. The Hall–Kier alpha value is -2.27. The second kappa shape index (κ2) is 4.78. The quantitative estimate of drug-likeness (QED) is 0.681. The molecule has 3 aromatic heterocycles. The van der Waals surface area contributed by atoms with Gasteiger partial charge in [0.2, 0.25) is 0 Å². The monoisotopic (exact) mass is 270 g/mol. The van der Waals surface area contributed by atoms with E-state index in [1.807, 2.05) is 17.5 Å². The fourth-order valence-electron chi connectivity index (χ4n) is 1.76. The van der Waals surface area contributed by atoms with Crippen LogP contribution in [-0.2, 0) is 0 Å². The number of carbonyl (C=O) groups excluding carboxylic acids is 1. The van der Waals surface area contributed by atoms with E-state index in [2.05, 4.69) is 9.97 Å². The Kier molecular flexibility index (Phi) is 2.97. The summed E-state index contributed by atoms with van der Waals surface area (Å²) in [6, 6.07) is 7.34. The molecule has 94 valence electrons. The van der Waals surface area contributed by atoms with Crippen LogP contribution in [0.3, 0.4) is 0 Å². The minimum Gasteiger partial charge on any atom is -0.453 e. The van der Waals surface area contributed by atoms with Crippen molar-refractivity contribution in [2.75, 3.05) is 0 Å². The molecule has 0 N–H and O–H groups in total. The molecule has 0 radical (unpaired) electrons. The minimum atomic E-state index is -0.125. The third-order valence-corrected chi connectivity index (χ3v) is 3.45. The number of rotatable bonds is 3. The molecule has 0 aliphatic rings. The molecule has 4 nitrogen and oxygen atoms in total. The van der Waals surface area contributed by atoms with Gasteiger partial charge in [0, 0.05) is 18.5 Å². The first-order valence-electron chi connectivity index (χ1n) is 5.71. The number of hydrogen-bond acceptors (Lipinski definition) is 5. The van der Waals surface area contributed by atoms with Crippen LogP contribution < -0.4 is 4.74 Å². The molecule has 5 heteroatoms. The van der Waals surface area contributed by atoms with Gasteiger partial charge in [-0.05, 0) is 29.6 Å². The number of ketones is 1. The summed E-state index contributed by atoms with van der Waals surface area (Å²) in [5.74, 6) is 0.924. The zero-order chi connectivity index (χ0) is 13.2. The lowest BCUT2D eigenvalue weighted by Gasteiger charge is -2.07. The Balaban J connectivity index is 1.98. The van der Waals surface area contributed by atoms with Crippen LogP contribution in [0.15, 0.2) is 42.0 Å². The average molecular weight is 270 g/mol. The van der Waals surface area contributed by atoms with Crippen molar-refractivity contribution >= 4 is 27.3 Å². The molecule has 0 fully saturated rings. The molecule has 0 saturated carbocycles. The summed E-state index contributed by atoms with van der Waals surface area (Å²) in [5, 5.41) is 3.00. The van der Waals surface area contributed by atoms with Gasteiger partial charge in [0.25, 0.3) is 0 Å². The van der Waals surface area contributed by atoms with Crippen LogP contribution in [-0.4, -0.2) is 15.8 Å². The number of ether oxygens (including phenoxy) is 1. The molecule has 0 atom stereocenters. The van der Waals surface area contributed by atoms with Crippen LogP contribution in [0.4, 0.5) is 0 Å². The number of nitrogens with zero attached hydrogens (tertiary/aromatic N) is 2. The van der Waals surface area contributed by atoms with Gasteiger partial charge in [0.15, 0.2) is 11.5 Å². The summed E-state index contributed by atoms with van der Waals surface area (Å²) in [6.07, 6.45) is 3.22. The SMILES string of the molecule is CC(=O)c1ncccc1Oc1cnc2sccc2c1. The molecule has 0 saturated heterocycles. The zero-order valence-corrected chi connectivity index (χ0v) is 11.0. The smallest absolute Gasteiger partial charge is 0.181 e. The van der Waals surface area contributed by atoms with Gasteiger partial charge < -0.3 is 4.74 Å². The maximum atomic E-state index is 11.5. The molecule has 0 spiro atoms. The molecule has 0 unspecified atom stereocenters. The molecule has 0 amide bonds. The number of thiophene rings is 1. The van der Waals surface area contributed by atoms with Gasteiger partial charge in [0.05, 0.1) is 6.20 Å². The highest BCUT2D eigenvalue weighted by molar-refractivity contribution is 7.16. The average Bonchev–Trinajstić information content (AvgIpc) is 2.86. The van der Waals surface area contributed by atoms with Crippen molar-refractivity contribution in [2.45, 2.75) is 6.92 Å². The fourth-order valence-corrected chi connectivity index (χ4v) is 2.48. The van der Waals surface area contributed by atoms with Crippen LogP contribution >= 0.6 is 11.3 Å². The van der Waals surface area contributed by atoms with Gasteiger partial charge in [-0.15, -0.1) is 11.3 Å². The lowest BCUT2D eigenvalue weighted by atomic mass is 10.2. The van der Waals surface area contributed by atoms with Crippen LogP contribution in [0, 0.1) is 0 Å². The van der Waals surface area contributed by atoms with Crippen molar-refractivity contribution in [2.24, 2.45) is 0 Å². The molecular formula is C14H10N2O2S. The molecule has 3 rings (SSSR count). The van der Waals surface area contributed by atoms with Crippen LogP contribution in [0.1, 0.15) is 17.4 Å². The Morgan fingerprint density at radius 2 is 2.21 bits per heavy atom.